The van der Waals surface area contributed by atoms with Crippen molar-refractivity contribution < 1.29 is 9.57 Å². The van der Waals surface area contributed by atoms with Gasteiger partial charge in [-0.1, -0.05) is 54.7 Å². The first-order chi connectivity index (χ1) is 8.84. The van der Waals surface area contributed by atoms with Crippen LogP contribution in [-0.2, 0) is 9.57 Å². The van der Waals surface area contributed by atoms with Crippen molar-refractivity contribution in [1.82, 2.24) is 5.48 Å². The Labute approximate surface area is 123 Å². The molecule has 2 aliphatic carbocycles. The third kappa shape index (κ3) is 3.38. The number of rotatable bonds is 5. The van der Waals surface area contributed by atoms with Gasteiger partial charge in [0.15, 0.2) is 6.23 Å². The molecule has 1 N–H and O–H groups in total. The van der Waals surface area contributed by atoms with Gasteiger partial charge in [0.2, 0.25) is 0 Å². The minimum Gasteiger partial charge on any atom is -0.350 e. The summed E-state index contributed by atoms with van der Waals surface area (Å²) >= 11 is 2.58. The molecule has 3 nitrogen and oxygen atoms in total. The number of hydroxylamine groups is 1. The molecule has 0 spiro atoms. The second-order valence-corrected chi connectivity index (χ2v) is 7.44. The lowest BCUT2D eigenvalue weighted by molar-refractivity contribution is -0.0583. The van der Waals surface area contributed by atoms with Gasteiger partial charge in [0, 0.05) is 3.92 Å². The molecule has 0 amide bonds. The van der Waals surface area contributed by atoms with Crippen LogP contribution >= 0.6 is 22.6 Å². The van der Waals surface area contributed by atoms with Crippen LogP contribution in [0.2, 0.25) is 0 Å². The summed E-state index contributed by atoms with van der Waals surface area (Å²) in [6.07, 6.45) is 13.0. The first-order valence-corrected chi connectivity index (χ1v) is 8.80. The van der Waals surface area contributed by atoms with E-state index in [0.717, 1.165) is 5.92 Å². The summed E-state index contributed by atoms with van der Waals surface area (Å²) < 4.78 is 6.40. The van der Waals surface area contributed by atoms with Crippen molar-refractivity contribution in [3.05, 3.63) is 0 Å². The van der Waals surface area contributed by atoms with Crippen LogP contribution in [0.1, 0.15) is 57.8 Å². The standard InChI is InChI=1S/C14H24INO2/c15-12(10-6-4-5-7-10)13-14(17-13)16-18-11-8-2-1-3-9-11/h10-14,16H,1-9H2. The van der Waals surface area contributed by atoms with E-state index in [1.807, 2.05) is 0 Å². The smallest absolute Gasteiger partial charge is 0.157 e. The van der Waals surface area contributed by atoms with Crippen LogP contribution in [0.3, 0.4) is 0 Å². The van der Waals surface area contributed by atoms with Gasteiger partial charge in [-0.15, -0.1) is 0 Å². The topological polar surface area (TPSA) is 33.8 Å². The molecule has 0 radical (unpaired) electrons. The lowest BCUT2D eigenvalue weighted by Crippen LogP contribution is -2.31. The van der Waals surface area contributed by atoms with Gasteiger partial charge in [-0.3, -0.25) is 4.84 Å². The van der Waals surface area contributed by atoms with Gasteiger partial charge in [0.05, 0.1) is 6.10 Å². The molecule has 0 bridgehead atoms. The number of ether oxygens (including phenoxy) is 1. The normalized spacial score (nSPS) is 35.8. The predicted molar refractivity (Wildman–Crippen MR) is 79.5 cm³/mol. The molecule has 1 heterocycles. The summed E-state index contributed by atoms with van der Waals surface area (Å²) in [5, 5.41) is 0. The number of nitrogens with one attached hydrogen (secondary N) is 1. The Morgan fingerprint density at radius 1 is 1.00 bits per heavy atom. The molecule has 1 saturated heterocycles. The van der Waals surface area contributed by atoms with Crippen LogP contribution in [0.15, 0.2) is 0 Å². The monoisotopic (exact) mass is 365 g/mol. The Kier molecular flexibility index (Phi) is 4.81. The highest BCUT2D eigenvalue weighted by molar-refractivity contribution is 14.1. The maximum absolute atomic E-state index is 5.77. The quantitative estimate of drug-likeness (QED) is 0.350. The Hall–Kier alpha value is 0.610. The van der Waals surface area contributed by atoms with Crippen molar-refractivity contribution in [2.45, 2.75) is 80.1 Å². The maximum Gasteiger partial charge on any atom is 0.157 e. The van der Waals surface area contributed by atoms with Gasteiger partial charge in [-0.2, -0.15) is 5.48 Å². The zero-order valence-corrected chi connectivity index (χ0v) is 13.1. The Morgan fingerprint density at radius 2 is 1.67 bits per heavy atom. The molecule has 3 fully saturated rings. The van der Waals surface area contributed by atoms with Crippen LogP contribution in [0.25, 0.3) is 0 Å². The summed E-state index contributed by atoms with van der Waals surface area (Å²) in [5.74, 6) is 0.872. The third-order valence-corrected chi connectivity index (χ3v) is 6.32. The van der Waals surface area contributed by atoms with E-state index in [4.69, 9.17) is 9.57 Å². The number of halogens is 1. The van der Waals surface area contributed by atoms with Crippen LogP contribution in [0, 0.1) is 5.92 Å². The highest BCUT2D eigenvalue weighted by Crippen LogP contribution is 2.40. The zero-order chi connectivity index (χ0) is 12.4. The molecule has 3 aliphatic rings. The molecular formula is C14H24INO2. The average molecular weight is 365 g/mol. The minimum absolute atomic E-state index is 0.162. The molecule has 0 aromatic rings. The molecule has 2 saturated carbocycles. The van der Waals surface area contributed by atoms with E-state index in [0.29, 0.717) is 16.1 Å². The summed E-state index contributed by atoms with van der Waals surface area (Å²) in [4.78, 5) is 5.77. The molecule has 104 valence electrons. The van der Waals surface area contributed by atoms with Crippen molar-refractivity contribution in [3.8, 4) is 0 Å². The summed E-state index contributed by atoms with van der Waals surface area (Å²) in [7, 11) is 0. The largest absolute Gasteiger partial charge is 0.350 e. The Bertz CT molecular complexity index is 265. The fraction of sp³-hybridized carbons (Fsp3) is 1.00. The average Bonchev–Trinajstić information content (AvgIpc) is 2.98. The number of hydrogen-bond donors (Lipinski definition) is 1. The molecule has 3 rings (SSSR count). The maximum atomic E-state index is 5.77. The first-order valence-electron chi connectivity index (χ1n) is 7.55. The van der Waals surface area contributed by atoms with Crippen LogP contribution in [0.5, 0.6) is 0 Å². The van der Waals surface area contributed by atoms with Gasteiger partial charge >= 0.3 is 0 Å². The highest BCUT2D eigenvalue weighted by atomic mass is 127. The summed E-state index contributed by atoms with van der Waals surface area (Å²) in [6, 6.07) is 0. The number of epoxide rings is 1. The number of alkyl halides is 1. The summed E-state index contributed by atoms with van der Waals surface area (Å²) in [6.45, 7) is 0. The van der Waals surface area contributed by atoms with Gasteiger partial charge in [0.1, 0.15) is 6.10 Å². The van der Waals surface area contributed by atoms with Crippen molar-refractivity contribution in [2.75, 3.05) is 0 Å². The van der Waals surface area contributed by atoms with Gasteiger partial charge < -0.3 is 4.74 Å². The van der Waals surface area contributed by atoms with Crippen molar-refractivity contribution in [1.29, 1.82) is 0 Å². The van der Waals surface area contributed by atoms with Gasteiger partial charge in [0.25, 0.3) is 0 Å². The number of hydrogen-bond acceptors (Lipinski definition) is 3. The SMILES string of the molecule is IC(C1CCCC1)C1OC1NOC1CCCCC1. The van der Waals surface area contributed by atoms with E-state index in [-0.39, 0.29) is 6.23 Å². The molecule has 3 unspecified atom stereocenters. The third-order valence-electron chi connectivity index (χ3n) is 4.59. The molecule has 0 aromatic carbocycles. The highest BCUT2D eigenvalue weighted by Gasteiger charge is 2.47. The van der Waals surface area contributed by atoms with Crippen LogP contribution in [-0.4, -0.2) is 22.4 Å². The van der Waals surface area contributed by atoms with E-state index in [2.05, 4.69) is 28.1 Å². The van der Waals surface area contributed by atoms with Crippen LogP contribution in [0.4, 0.5) is 0 Å². The van der Waals surface area contributed by atoms with Gasteiger partial charge in [-0.25, -0.2) is 0 Å². The molecule has 18 heavy (non-hydrogen) atoms. The lowest BCUT2D eigenvalue weighted by Gasteiger charge is -2.21. The predicted octanol–water partition coefficient (Wildman–Crippen LogP) is 3.56. The molecule has 3 atom stereocenters. The van der Waals surface area contributed by atoms with Crippen molar-refractivity contribution >= 4 is 22.6 Å². The van der Waals surface area contributed by atoms with E-state index in [1.165, 1.54) is 57.8 Å². The first kappa shape index (κ1) is 13.6. The van der Waals surface area contributed by atoms with Crippen molar-refractivity contribution in [2.24, 2.45) is 5.92 Å². The van der Waals surface area contributed by atoms with E-state index < -0.39 is 0 Å². The second-order valence-electron chi connectivity index (χ2n) is 6.01. The Balaban J connectivity index is 1.35. The molecular weight excluding hydrogens is 341 g/mol. The molecule has 0 aromatic heterocycles. The van der Waals surface area contributed by atoms with E-state index in [1.54, 1.807) is 0 Å². The Morgan fingerprint density at radius 3 is 2.39 bits per heavy atom. The summed E-state index contributed by atoms with van der Waals surface area (Å²) in [5.41, 5.74) is 3.15. The van der Waals surface area contributed by atoms with Crippen LogP contribution < -0.4 is 5.48 Å². The van der Waals surface area contributed by atoms with Crippen molar-refractivity contribution in [3.63, 3.8) is 0 Å². The lowest BCUT2D eigenvalue weighted by atomic mass is 9.98. The molecule has 4 heteroatoms. The minimum atomic E-state index is 0.162. The fourth-order valence-corrected chi connectivity index (χ4v) is 4.62. The van der Waals surface area contributed by atoms with E-state index >= 15 is 0 Å². The second kappa shape index (κ2) is 6.37. The van der Waals surface area contributed by atoms with E-state index in [9.17, 15) is 0 Å². The zero-order valence-electron chi connectivity index (χ0n) is 10.9. The van der Waals surface area contributed by atoms with Gasteiger partial charge in [-0.05, 0) is 31.6 Å². The molecule has 1 aliphatic heterocycles. The fourth-order valence-electron chi connectivity index (χ4n) is 3.35.